The molecule has 0 aliphatic rings. The summed E-state index contributed by atoms with van der Waals surface area (Å²) in [6.45, 7) is 0. The van der Waals surface area contributed by atoms with Crippen LogP contribution in [0.1, 0.15) is 10.4 Å². The van der Waals surface area contributed by atoms with Crippen LogP contribution >= 0.6 is 15.9 Å². The van der Waals surface area contributed by atoms with Gasteiger partial charge in [0.05, 0.1) is 16.8 Å². The average molecular weight is 347 g/mol. The zero-order valence-corrected chi connectivity index (χ0v) is 12.1. The molecule has 0 amide bonds. The maximum Gasteiger partial charge on any atom is 0.336 e. The molecule has 2 heterocycles. The van der Waals surface area contributed by atoms with Crippen LogP contribution in [0.3, 0.4) is 0 Å². The van der Waals surface area contributed by atoms with Gasteiger partial charge in [0.1, 0.15) is 5.82 Å². The second-order valence-corrected chi connectivity index (χ2v) is 5.24. The van der Waals surface area contributed by atoms with E-state index in [9.17, 15) is 14.3 Å². The molecule has 1 N–H and O–H groups in total. The van der Waals surface area contributed by atoms with E-state index < -0.39 is 11.8 Å². The monoisotopic (exact) mass is 346 g/mol. The molecule has 1 aromatic carbocycles. The molecule has 0 fully saturated rings. The highest BCUT2D eigenvalue weighted by Crippen LogP contribution is 2.30. The van der Waals surface area contributed by atoms with Gasteiger partial charge in [-0.1, -0.05) is 0 Å². The molecule has 3 aromatic rings. The molecule has 4 nitrogen and oxygen atoms in total. The smallest absolute Gasteiger partial charge is 0.336 e. The second-order valence-electron chi connectivity index (χ2n) is 4.39. The molecule has 6 heteroatoms. The third-order valence-corrected chi connectivity index (χ3v) is 3.62. The van der Waals surface area contributed by atoms with Crippen LogP contribution in [0.4, 0.5) is 4.39 Å². The van der Waals surface area contributed by atoms with E-state index in [1.807, 2.05) is 0 Å². The van der Waals surface area contributed by atoms with E-state index in [0.29, 0.717) is 21.2 Å². The number of carboxylic acids is 1. The van der Waals surface area contributed by atoms with Crippen LogP contribution in [0.15, 0.2) is 47.2 Å². The first-order valence-corrected chi connectivity index (χ1v) is 6.79. The third kappa shape index (κ3) is 2.50. The molecular formula is C15H8BrFN2O2. The maximum absolute atomic E-state index is 13.5. The molecule has 21 heavy (non-hydrogen) atoms. The first-order chi connectivity index (χ1) is 10.1. The van der Waals surface area contributed by atoms with Crippen molar-refractivity contribution in [1.82, 2.24) is 9.97 Å². The van der Waals surface area contributed by atoms with Gasteiger partial charge in [0.2, 0.25) is 0 Å². The first kappa shape index (κ1) is 13.6. The van der Waals surface area contributed by atoms with Crippen LogP contribution in [0.25, 0.3) is 22.2 Å². The molecule has 0 aliphatic carbocycles. The third-order valence-electron chi connectivity index (χ3n) is 3.02. The van der Waals surface area contributed by atoms with Crippen LogP contribution in [0.2, 0.25) is 0 Å². The summed E-state index contributed by atoms with van der Waals surface area (Å²) in [5, 5.41) is 9.61. The van der Waals surface area contributed by atoms with Gasteiger partial charge in [-0.05, 0) is 46.3 Å². The molecule has 0 spiro atoms. The Labute approximate surface area is 127 Å². The Morgan fingerprint density at radius 2 is 2.10 bits per heavy atom. The van der Waals surface area contributed by atoms with Gasteiger partial charge in [-0.25, -0.2) is 14.2 Å². The van der Waals surface area contributed by atoms with Gasteiger partial charge in [0.15, 0.2) is 0 Å². The quantitative estimate of drug-likeness (QED) is 0.764. The molecule has 0 unspecified atom stereocenters. The molecule has 0 atom stereocenters. The van der Waals surface area contributed by atoms with E-state index >= 15 is 0 Å². The highest BCUT2D eigenvalue weighted by molar-refractivity contribution is 9.10. The minimum absolute atomic E-state index is 0.000877. The van der Waals surface area contributed by atoms with E-state index in [2.05, 4.69) is 25.9 Å². The van der Waals surface area contributed by atoms with Crippen molar-refractivity contribution >= 4 is 32.8 Å². The molecule has 0 aliphatic heterocycles. The van der Waals surface area contributed by atoms with E-state index in [1.165, 1.54) is 18.2 Å². The Balaban J connectivity index is 2.38. The normalized spacial score (nSPS) is 10.8. The van der Waals surface area contributed by atoms with Crippen LogP contribution in [-0.4, -0.2) is 21.0 Å². The number of rotatable bonds is 2. The van der Waals surface area contributed by atoms with Crippen molar-refractivity contribution < 1.29 is 14.3 Å². The van der Waals surface area contributed by atoms with Crippen LogP contribution in [0.5, 0.6) is 0 Å². The van der Waals surface area contributed by atoms with Crippen molar-refractivity contribution in [3.05, 3.63) is 58.6 Å². The maximum atomic E-state index is 13.5. The van der Waals surface area contributed by atoms with Gasteiger partial charge in [0, 0.05) is 27.8 Å². The number of pyridine rings is 2. The number of fused-ring (bicyclic) bond motifs is 1. The van der Waals surface area contributed by atoms with Crippen molar-refractivity contribution in [2.75, 3.05) is 0 Å². The Bertz CT molecular complexity index is 853. The van der Waals surface area contributed by atoms with E-state index in [4.69, 9.17) is 0 Å². The van der Waals surface area contributed by atoms with Crippen molar-refractivity contribution in [3.8, 4) is 11.3 Å². The number of hydrogen-bond acceptors (Lipinski definition) is 3. The highest BCUT2D eigenvalue weighted by Gasteiger charge is 2.16. The lowest BCUT2D eigenvalue weighted by Gasteiger charge is -2.08. The van der Waals surface area contributed by atoms with E-state index in [1.54, 1.807) is 24.5 Å². The predicted molar refractivity (Wildman–Crippen MR) is 79.6 cm³/mol. The number of carboxylic acid groups (broad SMARTS) is 1. The summed E-state index contributed by atoms with van der Waals surface area (Å²) in [6.07, 6.45) is 3.21. The standard InChI is InChI=1S/C15H8BrFN2O2/c16-12-5-9(17)4-10-11(15(20)21)6-13(19-14(10)12)8-2-1-3-18-7-8/h1-7H,(H,20,21). The number of aromatic carboxylic acids is 1. The van der Waals surface area contributed by atoms with Gasteiger partial charge in [-0.15, -0.1) is 0 Å². The van der Waals surface area contributed by atoms with Crippen molar-refractivity contribution in [2.24, 2.45) is 0 Å². The van der Waals surface area contributed by atoms with Crippen LogP contribution < -0.4 is 0 Å². The fourth-order valence-electron chi connectivity index (χ4n) is 2.09. The summed E-state index contributed by atoms with van der Waals surface area (Å²) < 4.78 is 13.9. The SMILES string of the molecule is O=C(O)c1cc(-c2cccnc2)nc2c(Br)cc(F)cc12. The average Bonchev–Trinajstić information content (AvgIpc) is 2.47. The number of carbonyl (C=O) groups is 1. The number of halogens is 2. The fraction of sp³-hybridized carbons (Fsp3) is 0. The van der Waals surface area contributed by atoms with Crippen LogP contribution in [-0.2, 0) is 0 Å². The largest absolute Gasteiger partial charge is 0.478 e. The van der Waals surface area contributed by atoms with Crippen LogP contribution in [0, 0.1) is 5.82 Å². The molecular weight excluding hydrogens is 339 g/mol. The molecule has 0 bridgehead atoms. The van der Waals surface area contributed by atoms with Gasteiger partial charge in [-0.3, -0.25) is 4.98 Å². The molecule has 0 saturated heterocycles. The summed E-state index contributed by atoms with van der Waals surface area (Å²) >= 11 is 3.23. The Kier molecular flexibility index (Phi) is 3.39. The molecule has 3 rings (SSSR count). The van der Waals surface area contributed by atoms with Gasteiger partial charge in [-0.2, -0.15) is 0 Å². The molecule has 104 valence electrons. The summed E-state index contributed by atoms with van der Waals surface area (Å²) in [4.78, 5) is 19.8. The van der Waals surface area contributed by atoms with Gasteiger partial charge >= 0.3 is 5.97 Å². The van der Waals surface area contributed by atoms with Crippen molar-refractivity contribution in [1.29, 1.82) is 0 Å². The number of hydrogen-bond donors (Lipinski definition) is 1. The number of nitrogens with zero attached hydrogens (tertiary/aromatic N) is 2. The zero-order valence-electron chi connectivity index (χ0n) is 10.5. The summed E-state index contributed by atoms with van der Waals surface area (Å²) in [7, 11) is 0. The lowest BCUT2D eigenvalue weighted by atomic mass is 10.0. The highest BCUT2D eigenvalue weighted by atomic mass is 79.9. The van der Waals surface area contributed by atoms with Gasteiger partial charge < -0.3 is 5.11 Å². The number of aromatic nitrogens is 2. The Morgan fingerprint density at radius 3 is 2.76 bits per heavy atom. The molecule has 0 radical (unpaired) electrons. The molecule has 0 saturated carbocycles. The fourth-order valence-corrected chi connectivity index (χ4v) is 2.61. The molecule has 2 aromatic heterocycles. The Hall–Kier alpha value is -2.34. The predicted octanol–water partition coefficient (Wildman–Crippen LogP) is 3.90. The first-order valence-electron chi connectivity index (χ1n) is 6.00. The Morgan fingerprint density at radius 1 is 1.29 bits per heavy atom. The second kappa shape index (κ2) is 5.21. The minimum atomic E-state index is -1.13. The van der Waals surface area contributed by atoms with Crippen molar-refractivity contribution in [2.45, 2.75) is 0 Å². The number of benzene rings is 1. The lowest BCUT2D eigenvalue weighted by Crippen LogP contribution is -2.01. The lowest BCUT2D eigenvalue weighted by molar-refractivity contribution is 0.0699. The van der Waals surface area contributed by atoms with Gasteiger partial charge in [0.25, 0.3) is 0 Å². The summed E-state index contributed by atoms with van der Waals surface area (Å²) in [6, 6.07) is 7.37. The van der Waals surface area contributed by atoms with E-state index in [0.717, 1.165) is 0 Å². The summed E-state index contributed by atoms with van der Waals surface area (Å²) in [5.41, 5.74) is 1.56. The van der Waals surface area contributed by atoms with E-state index in [-0.39, 0.29) is 10.9 Å². The zero-order chi connectivity index (χ0) is 15.0. The summed E-state index contributed by atoms with van der Waals surface area (Å²) in [5.74, 6) is -1.65. The van der Waals surface area contributed by atoms with Crippen molar-refractivity contribution in [3.63, 3.8) is 0 Å². The minimum Gasteiger partial charge on any atom is -0.478 e. The topological polar surface area (TPSA) is 63.1 Å².